The molecule has 0 amide bonds. The predicted octanol–water partition coefficient (Wildman–Crippen LogP) is 0.697. The number of hydrogen-bond acceptors (Lipinski definition) is 4. The van der Waals surface area contributed by atoms with Crippen LogP contribution in [0.5, 0.6) is 0 Å². The maximum absolute atomic E-state index is 5.74. The molecule has 0 aliphatic carbocycles. The van der Waals surface area contributed by atoms with Gasteiger partial charge in [-0.2, -0.15) is 0 Å². The van der Waals surface area contributed by atoms with Crippen LogP contribution < -0.4 is 11.3 Å². The molecule has 1 aromatic carbocycles. The Kier molecular flexibility index (Phi) is 5.34. The molecule has 0 aromatic heterocycles. The summed E-state index contributed by atoms with van der Waals surface area (Å²) >= 11 is 0. The first-order valence-electron chi connectivity index (χ1n) is 7.08. The van der Waals surface area contributed by atoms with E-state index in [9.17, 15) is 0 Å². The van der Waals surface area contributed by atoms with Gasteiger partial charge in [0, 0.05) is 31.7 Å². The van der Waals surface area contributed by atoms with Gasteiger partial charge in [0.2, 0.25) is 0 Å². The molecule has 0 spiro atoms. The molecule has 3 N–H and O–H groups in total. The van der Waals surface area contributed by atoms with E-state index in [1.54, 1.807) is 0 Å². The van der Waals surface area contributed by atoms with Crippen molar-refractivity contribution in [2.45, 2.75) is 24.9 Å². The molecule has 0 bridgehead atoms. The molecular formula is C15H26N4. The number of likely N-dealkylation sites (N-methyl/N-ethyl adjacent to an activating group) is 2. The summed E-state index contributed by atoms with van der Waals surface area (Å²) in [6, 6.07) is 11.5. The Morgan fingerprint density at radius 3 is 2.68 bits per heavy atom. The van der Waals surface area contributed by atoms with E-state index in [2.05, 4.69) is 59.7 Å². The lowest BCUT2D eigenvalue weighted by molar-refractivity contribution is 0.101. The van der Waals surface area contributed by atoms with E-state index in [0.29, 0.717) is 12.1 Å². The van der Waals surface area contributed by atoms with Crippen LogP contribution in [0.1, 0.15) is 12.0 Å². The number of nitrogens with zero attached hydrogens (tertiary/aromatic N) is 2. The summed E-state index contributed by atoms with van der Waals surface area (Å²) in [7, 11) is 4.41. The van der Waals surface area contributed by atoms with E-state index in [-0.39, 0.29) is 0 Å². The van der Waals surface area contributed by atoms with Gasteiger partial charge in [-0.3, -0.25) is 11.3 Å². The Hall–Kier alpha value is -0.940. The lowest BCUT2D eigenvalue weighted by Gasteiger charge is -2.39. The molecule has 1 aromatic rings. The highest BCUT2D eigenvalue weighted by molar-refractivity contribution is 5.16. The SMILES string of the molecule is CN1CCN(C)C(CC(Cc2ccccc2)NN)C1. The van der Waals surface area contributed by atoms with E-state index >= 15 is 0 Å². The normalized spacial score (nSPS) is 23.4. The summed E-state index contributed by atoms with van der Waals surface area (Å²) in [5, 5.41) is 0. The fraction of sp³-hybridized carbons (Fsp3) is 0.600. The van der Waals surface area contributed by atoms with Crippen LogP contribution >= 0.6 is 0 Å². The van der Waals surface area contributed by atoms with E-state index in [1.807, 2.05) is 0 Å². The maximum atomic E-state index is 5.74. The van der Waals surface area contributed by atoms with Crippen molar-refractivity contribution in [1.29, 1.82) is 0 Å². The van der Waals surface area contributed by atoms with Crippen LogP contribution in [-0.4, -0.2) is 55.6 Å². The molecular weight excluding hydrogens is 236 g/mol. The monoisotopic (exact) mass is 262 g/mol. The zero-order chi connectivity index (χ0) is 13.7. The van der Waals surface area contributed by atoms with E-state index in [1.165, 1.54) is 5.56 Å². The predicted molar refractivity (Wildman–Crippen MR) is 79.8 cm³/mol. The number of nitrogens with two attached hydrogens (primary N) is 1. The number of hydrazine groups is 1. The largest absolute Gasteiger partial charge is 0.304 e. The molecule has 2 unspecified atom stereocenters. The Labute approximate surface area is 116 Å². The number of rotatable bonds is 5. The van der Waals surface area contributed by atoms with Crippen LogP contribution in [0.3, 0.4) is 0 Å². The van der Waals surface area contributed by atoms with Crippen molar-refractivity contribution in [3.8, 4) is 0 Å². The van der Waals surface area contributed by atoms with Gasteiger partial charge >= 0.3 is 0 Å². The summed E-state index contributed by atoms with van der Waals surface area (Å²) in [4.78, 5) is 4.86. The zero-order valence-electron chi connectivity index (χ0n) is 12.0. The van der Waals surface area contributed by atoms with Gasteiger partial charge in [0.25, 0.3) is 0 Å². The minimum Gasteiger partial charge on any atom is -0.304 e. The molecule has 1 saturated heterocycles. The second-order valence-electron chi connectivity index (χ2n) is 5.69. The summed E-state index contributed by atoms with van der Waals surface area (Å²) in [5.74, 6) is 5.74. The number of hydrogen-bond donors (Lipinski definition) is 2. The molecule has 106 valence electrons. The van der Waals surface area contributed by atoms with Crippen molar-refractivity contribution in [2.24, 2.45) is 5.84 Å². The van der Waals surface area contributed by atoms with E-state index < -0.39 is 0 Å². The smallest absolute Gasteiger partial charge is 0.0266 e. The molecule has 0 radical (unpaired) electrons. The van der Waals surface area contributed by atoms with Crippen molar-refractivity contribution >= 4 is 0 Å². The maximum Gasteiger partial charge on any atom is 0.0266 e. The highest BCUT2D eigenvalue weighted by Gasteiger charge is 2.24. The van der Waals surface area contributed by atoms with Crippen LogP contribution in [0.2, 0.25) is 0 Å². The second kappa shape index (κ2) is 7.01. The van der Waals surface area contributed by atoms with Crippen molar-refractivity contribution in [3.05, 3.63) is 35.9 Å². The molecule has 1 aliphatic heterocycles. The van der Waals surface area contributed by atoms with Gasteiger partial charge in [-0.05, 0) is 32.5 Å². The Morgan fingerprint density at radius 2 is 2.00 bits per heavy atom. The number of nitrogens with one attached hydrogen (secondary N) is 1. The summed E-state index contributed by atoms with van der Waals surface area (Å²) < 4.78 is 0. The summed E-state index contributed by atoms with van der Waals surface area (Å²) in [6.07, 6.45) is 2.08. The first kappa shape index (κ1) is 14.5. The van der Waals surface area contributed by atoms with Crippen molar-refractivity contribution in [3.63, 3.8) is 0 Å². The molecule has 4 nitrogen and oxygen atoms in total. The van der Waals surface area contributed by atoms with Gasteiger partial charge in [-0.1, -0.05) is 30.3 Å². The fourth-order valence-electron chi connectivity index (χ4n) is 2.79. The molecule has 2 rings (SSSR count). The van der Waals surface area contributed by atoms with Gasteiger partial charge in [0.15, 0.2) is 0 Å². The van der Waals surface area contributed by atoms with E-state index in [0.717, 1.165) is 32.5 Å². The highest BCUT2D eigenvalue weighted by atomic mass is 15.3. The lowest BCUT2D eigenvalue weighted by atomic mass is 9.98. The van der Waals surface area contributed by atoms with Crippen molar-refractivity contribution in [2.75, 3.05) is 33.7 Å². The average molecular weight is 262 g/mol. The third-order valence-electron chi connectivity index (χ3n) is 4.10. The first-order valence-corrected chi connectivity index (χ1v) is 7.08. The first-order chi connectivity index (χ1) is 9.19. The standard InChI is InChI=1S/C15H26N4/c1-18-8-9-19(2)15(12-18)11-14(17-16)10-13-6-4-3-5-7-13/h3-7,14-15,17H,8-12,16H2,1-2H3. The summed E-state index contributed by atoms with van der Waals surface area (Å²) in [5.41, 5.74) is 4.33. The minimum atomic E-state index is 0.335. The minimum absolute atomic E-state index is 0.335. The van der Waals surface area contributed by atoms with Gasteiger partial charge < -0.3 is 9.80 Å². The number of piperazine rings is 1. The van der Waals surface area contributed by atoms with Gasteiger partial charge in [-0.15, -0.1) is 0 Å². The molecule has 19 heavy (non-hydrogen) atoms. The Bertz CT molecular complexity index is 368. The lowest BCUT2D eigenvalue weighted by Crippen LogP contribution is -2.53. The molecule has 0 saturated carbocycles. The topological polar surface area (TPSA) is 44.5 Å². The quantitative estimate of drug-likeness (QED) is 0.605. The molecule has 2 atom stereocenters. The number of benzene rings is 1. The Balaban J connectivity index is 1.91. The molecule has 1 aliphatic rings. The third kappa shape index (κ3) is 4.28. The second-order valence-corrected chi connectivity index (χ2v) is 5.69. The zero-order valence-corrected chi connectivity index (χ0v) is 12.0. The Morgan fingerprint density at radius 1 is 1.26 bits per heavy atom. The molecule has 1 fully saturated rings. The summed E-state index contributed by atoms with van der Waals surface area (Å²) in [6.45, 7) is 3.43. The van der Waals surface area contributed by atoms with Crippen LogP contribution in [0.25, 0.3) is 0 Å². The highest BCUT2D eigenvalue weighted by Crippen LogP contribution is 2.14. The fourth-order valence-corrected chi connectivity index (χ4v) is 2.79. The van der Waals surface area contributed by atoms with Crippen LogP contribution in [-0.2, 0) is 6.42 Å². The average Bonchev–Trinajstić information content (AvgIpc) is 2.43. The van der Waals surface area contributed by atoms with Crippen LogP contribution in [0.15, 0.2) is 30.3 Å². The van der Waals surface area contributed by atoms with Gasteiger partial charge in [-0.25, -0.2) is 0 Å². The van der Waals surface area contributed by atoms with Crippen LogP contribution in [0, 0.1) is 0 Å². The van der Waals surface area contributed by atoms with Crippen molar-refractivity contribution in [1.82, 2.24) is 15.2 Å². The van der Waals surface area contributed by atoms with Crippen LogP contribution in [0.4, 0.5) is 0 Å². The van der Waals surface area contributed by atoms with Crippen molar-refractivity contribution < 1.29 is 0 Å². The van der Waals surface area contributed by atoms with Gasteiger partial charge in [0.05, 0.1) is 0 Å². The molecule has 4 heteroatoms. The van der Waals surface area contributed by atoms with Gasteiger partial charge in [0.1, 0.15) is 0 Å². The third-order valence-corrected chi connectivity index (χ3v) is 4.10. The molecule has 1 heterocycles. The van der Waals surface area contributed by atoms with E-state index in [4.69, 9.17) is 5.84 Å².